The third kappa shape index (κ3) is 5.31. The molecule has 6 aromatic rings. The fourth-order valence-corrected chi connectivity index (χ4v) is 5.95. The van der Waals surface area contributed by atoms with E-state index in [2.05, 4.69) is 19.6 Å². The first-order valence-corrected chi connectivity index (χ1v) is 13.8. The summed E-state index contributed by atoms with van der Waals surface area (Å²) in [4.78, 5) is 46.7. The molecule has 4 heterocycles. The first kappa shape index (κ1) is 26.3. The summed E-state index contributed by atoms with van der Waals surface area (Å²) in [6.45, 7) is -0.137. The van der Waals surface area contributed by atoms with Crippen LogP contribution in [0.4, 0.5) is 4.39 Å². The van der Waals surface area contributed by atoms with Crippen LogP contribution >= 0.6 is 11.3 Å². The molecule has 0 fully saturated rings. The Labute approximate surface area is 236 Å². The van der Waals surface area contributed by atoms with Gasteiger partial charge in [-0.1, -0.05) is 59.8 Å². The van der Waals surface area contributed by atoms with Crippen molar-refractivity contribution in [2.24, 2.45) is 0 Å². The normalized spacial score (nSPS) is 11.3. The lowest BCUT2D eigenvalue weighted by molar-refractivity contribution is 0.388. The van der Waals surface area contributed by atoms with Crippen molar-refractivity contribution >= 4 is 21.6 Å². The van der Waals surface area contributed by atoms with Crippen molar-refractivity contribution in [1.29, 1.82) is 0 Å². The number of pyridine rings is 1. The van der Waals surface area contributed by atoms with E-state index in [0.717, 1.165) is 22.4 Å². The van der Waals surface area contributed by atoms with Crippen molar-refractivity contribution in [2.75, 3.05) is 6.67 Å². The number of nitrogens with one attached hydrogen (secondary N) is 1. The van der Waals surface area contributed by atoms with Gasteiger partial charge in [0.1, 0.15) is 4.83 Å². The number of aromatic amines is 1. The van der Waals surface area contributed by atoms with Gasteiger partial charge in [-0.25, -0.2) is 9.59 Å². The molecular formula is C30H24FN5O4S. The quantitative estimate of drug-likeness (QED) is 0.275. The monoisotopic (exact) mass is 569 g/mol. The van der Waals surface area contributed by atoms with Gasteiger partial charge in [-0.2, -0.15) is 0 Å². The Morgan fingerprint density at radius 3 is 2.39 bits per heavy atom. The van der Waals surface area contributed by atoms with Crippen LogP contribution in [0.3, 0.4) is 0 Å². The molecule has 0 aliphatic rings. The second-order valence-electron chi connectivity index (χ2n) is 9.45. The van der Waals surface area contributed by atoms with Crippen LogP contribution < -0.4 is 17.0 Å². The Kier molecular flexibility index (Phi) is 7.26. The number of alkyl halides is 1. The number of aromatic nitrogens is 5. The van der Waals surface area contributed by atoms with Crippen molar-refractivity contribution in [1.82, 2.24) is 24.3 Å². The number of aryl methyl sites for hydroxylation is 2. The molecule has 1 N–H and O–H groups in total. The van der Waals surface area contributed by atoms with Gasteiger partial charge in [0, 0.05) is 41.7 Å². The summed E-state index contributed by atoms with van der Waals surface area (Å²) in [5, 5.41) is 4.22. The molecule has 11 heteroatoms. The highest BCUT2D eigenvalue weighted by atomic mass is 32.1. The van der Waals surface area contributed by atoms with Crippen molar-refractivity contribution in [2.45, 2.75) is 25.9 Å². The van der Waals surface area contributed by atoms with E-state index in [0.29, 0.717) is 32.9 Å². The topological polar surface area (TPSA) is 116 Å². The van der Waals surface area contributed by atoms with Crippen molar-refractivity contribution in [3.8, 4) is 22.5 Å². The van der Waals surface area contributed by atoms with E-state index in [1.807, 2.05) is 66.7 Å². The van der Waals surface area contributed by atoms with Crippen molar-refractivity contribution in [3.05, 3.63) is 127 Å². The highest BCUT2D eigenvalue weighted by Gasteiger charge is 2.18. The molecule has 0 amide bonds. The number of benzene rings is 2. The minimum Gasteiger partial charge on any atom is -0.296 e. The summed E-state index contributed by atoms with van der Waals surface area (Å²) in [5.41, 5.74) is 3.27. The van der Waals surface area contributed by atoms with E-state index in [1.165, 1.54) is 15.9 Å². The minimum atomic E-state index is -0.633. The first-order chi connectivity index (χ1) is 20.0. The molecule has 0 spiro atoms. The molecule has 0 saturated carbocycles. The van der Waals surface area contributed by atoms with E-state index in [4.69, 9.17) is 0 Å². The lowest BCUT2D eigenvalue weighted by Gasteiger charge is -2.13. The molecule has 6 rings (SSSR count). The molecule has 0 aliphatic carbocycles. The third-order valence-corrected chi connectivity index (χ3v) is 8.05. The summed E-state index contributed by atoms with van der Waals surface area (Å²) in [7, 11) is 0. The molecule has 0 saturated heterocycles. The van der Waals surface area contributed by atoms with Gasteiger partial charge in [0.2, 0.25) is 0 Å². The number of hydrogen-bond acceptors (Lipinski definition) is 7. The maximum atomic E-state index is 13.7. The number of halogens is 1. The van der Waals surface area contributed by atoms with Crippen LogP contribution in [0.2, 0.25) is 0 Å². The van der Waals surface area contributed by atoms with Gasteiger partial charge >= 0.3 is 11.4 Å². The van der Waals surface area contributed by atoms with E-state index in [-0.39, 0.29) is 25.1 Å². The molecular weight excluding hydrogens is 545 g/mol. The Hall–Kier alpha value is -4.90. The van der Waals surface area contributed by atoms with E-state index >= 15 is 0 Å². The average Bonchev–Trinajstić information content (AvgIpc) is 3.63. The van der Waals surface area contributed by atoms with Crippen LogP contribution in [0.1, 0.15) is 16.1 Å². The predicted octanol–water partition coefficient (Wildman–Crippen LogP) is 4.43. The number of thiophene rings is 1. The summed E-state index contributed by atoms with van der Waals surface area (Å²) in [5.74, 6) is -0.301. The third-order valence-electron chi connectivity index (χ3n) is 6.83. The van der Waals surface area contributed by atoms with Gasteiger partial charge in [0.05, 0.1) is 18.6 Å². The molecule has 0 bridgehead atoms. The van der Waals surface area contributed by atoms with Gasteiger partial charge in [-0.05, 0) is 34.9 Å². The lowest BCUT2D eigenvalue weighted by atomic mass is 9.98. The Bertz CT molecular complexity index is 2010. The van der Waals surface area contributed by atoms with Gasteiger partial charge < -0.3 is 0 Å². The van der Waals surface area contributed by atoms with Gasteiger partial charge in [-0.15, -0.1) is 11.3 Å². The summed E-state index contributed by atoms with van der Waals surface area (Å²) in [6.07, 6.45) is 2.29. The van der Waals surface area contributed by atoms with E-state index in [1.54, 1.807) is 16.8 Å². The molecule has 0 aliphatic heterocycles. The van der Waals surface area contributed by atoms with Crippen LogP contribution in [0.25, 0.3) is 32.7 Å². The fraction of sp³-hybridized carbons (Fsp3) is 0.167. The van der Waals surface area contributed by atoms with Crippen LogP contribution in [0.15, 0.2) is 97.9 Å². The summed E-state index contributed by atoms with van der Waals surface area (Å²) < 4.78 is 20.7. The number of fused-ring (bicyclic) bond motifs is 1. The van der Waals surface area contributed by atoms with E-state index < -0.39 is 18.1 Å². The summed E-state index contributed by atoms with van der Waals surface area (Å²) in [6, 6.07) is 22.4. The maximum Gasteiger partial charge on any atom is 0.439 e. The largest absolute Gasteiger partial charge is 0.439 e. The second kappa shape index (κ2) is 11.3. The molecule has 4 aromatic heterocycles. The van der Waals surface area contributed by atoms with Crippen LogP contribution in [-0.2, 0) is 25.9 Å². The SMILES string of the molecule is O=c1[nH]c(-c2ccccc2-c2ccc(Cn3c(=O)n(CCc4ccccn4)c(=O)c4cc(CCF)sc43)cc2)no1. The van der Waals surface area contributed by atoms with Crippen molar-refractivity contribution in [3.63, 3.8) is 0 Å². The highest BCUT2D eigenvalue weighted by molar-refractivity contribution is 7.18. The predicted molar refractivity (Wildman–Crippen MR) is 155 cm³/mol. The van der Waals surface area contributed by atoms with Gasteiger partial charge in [-0.3, -0.25) is 32.8 Å². The number of rotatable bonds is 9. The molecule has 2 aromatic carbocycles. The number of H-pyrrole nitrogens is 1. The molecule has 0 radical (unpaired) electrons. The molecule has 0 unspecified atom stereocenters. The highest BCUT2D eigenvalue weighted by Crippen LogP contribution is 2.30. The zero-order chi connectivity index (χ0) is 28.3. The van der Waals surface area contributed by atoms with Crippen LogP contribution in [0.5, 0.6) is 0 Å². The first-order valence-electron chi connectivity index (χ1n) is 13.0. The van der Waals surface area contributed by atoms with Crippen LogP contribution in [-0.4, -0.2) is 30.9 Å². The Balaban J connectivity index is 1.37. The minimum absolute atomic E-state index is 0.179. The zero-order valence-corrected chi connectivity index (χ0v) is 22.6. The fourth-order valence-electron chi connectivity index (χ4n) is 4.83. The standard InChI is InChI=1S/C30H24FN5O4S/c31-14-12-22-17-25-27(37)35(16-13-21-5-3-4-15-32-21)30(39)36(28(25)41-22)18-19-8-10-20(11-9-19)23-6-1-2-7-24(23)26-33-29(38)40-34-26/h1-11,15,17H,12-14,16,18H2,(H,33,34,38). The van der Waals surface area contributed by atoms with E-state index in [9.17, 15) is 18.8 Å². The molecule has 41 heavy (non-hydrogen) atoms. The van der Waals surface area contributed by atoms with Gasteiger partial charge in [0.25, 0.3) is 5.56 Å². The summed E-state index contributed by atoms with van der Waals surface area (Å²) >= 11 is 1.27. The number of nitrogens with zero attached hydrogens (tertiary/aromatic N) is 4. The smallest absolute Gasteiger partial charge is 0.296 e. The van der Waals surface area contributed by atoms with Gasteiger partial charge in [0.15, 0.2) is 5.82 Å². The Morgan fingerprint density at radius 2 is 1.68 bits per heavy atom. The average molecular weight is 570 g/mol. The zero-order valence-electron chi connectivity index (χ0n) is 21.7. The molecule has 9 nitrogen and oxygen atoms in total. The molecule has 206 valence electrons. The van der Waals surface area contributed by atoms with Crippen molar-refractivity contribution < 1.29 is 8.91 Å². The molecule has 0 atom stereocenters. The Morgan fingerprint density at radius 1 is 0.902 bits per heavy atom. The van der Waals surface area contributed by atoms with Crippen LogP contribution in [0, 0.1) is 0 Å². The lowest BCUT2D eigenvalue weighted by Crippen LogP contribution is -2.40. The maximum absolute atomic E-state index is 13.7. The number of hydrogen-bond donors (Lipinski definition) is 1. The second-order valence-corrected chi connectivity index (χ2v) is 10.6.